The van der Waals surface area contributed by atoms with Crippen LogP contribution < -0.4 is 16.3 Å². The Kier molecular flexibility index (Phi) is 7.56. The number of hydrogen-bond acceptors (Lipinski definition) is 4. The lowest BCUT2D eigenvalue weighted by atomic mass is 10.4. The lowest BCUT2D eigenvalue weighted by Gasteiger charge is -2.33. The maximum absolute atomic E-state index is 6.19. The van der Waals surface area contributed by atoms with E-state index in [9.17, 15) is 0 Å². The van der Waals surface area contributed by atoms with Crippen molar-refractivity contribution in [3.63, 3.8) is 0 Å². The summed E-state index contributed by atoms with van der Waals surface area (Å²) >= 11 is 0. The van der Waals surface area contributed by atoms with Gasteiger partial charge in [-0.1, -0.05) is 60.7 Å². The summed E-state index contributed by atoms with van der Waals surface area (Å²) in [4.78, 5) is 0. The van der Waals surface area contributed by atoms with Gasteiger partial charge < -0.3 is 19.0 Å². The van der Waals surface area contributed by atoms with Gasteiger partial charge in [0, 0.05) is 33.0 Å². The SMILES string of the molecule is CO[Si](CC(CN)P(c1ccccc1)c1ccccc1)(OC)OC. The van der Waals surface area contributed by atoms with Crippen molar-refractivity contribution in [2.24, 2.45) is 5.73 Å². The van der Waals surface area contributed by atoms with E-state index in [1.165, 1.54) is 10.6 Å². The fourth-order valence-electron chi connectivity index (χ4n) is 2.82. The topological polar surface area (TPSA) is 53.7 Å². The number of nitrogens with two attached hydrogens (primary N) is 1. The fraction of sp³-hybridized carbons (Fsp3) is 0.333. The van der Waals surface area contributed by atoms with Crippen LogP contribution in [0.25, 0.3) is 0 Å². The third-order valence-electron chi connectivity index (χ3n) is 4.12. The fourth-order valence-corrected chi connectivity index (χ4v) is 8.30. The molecule has 0 bridgehead atoms. The van der Waals surface area contributed by atoms with Gasteiger partial charge in [-0.25, -0.2) is 0 Å². The molecule has 0 amide bonds. The first-order valence-electron chi connectivity index (χ1n) is 7.94. The molecule has 6 heteroatoms. The predicted octanol–water partition coefficient (Wildman–Crippen LogP) is 2.32. The summed E-state index contributed by atoms with van der Waals surface area (Å²) in [5.41, 5.74) is 6.41. The molecule has 130 valence electrons. The van der Waals surface area contributed by atoms with Crippen molar-refractivity contribution in [2.75, 3.05) is 27.9 Å². The van der Waals surface area contributed by atoms with Gasteiger partial charge in [0.15, 0.2) is 0 Å². The Bertz CT molecular complexity index is 548. The van der Waals surface area contributed by atoms with Crippen molar-refractivity contribution in [2.45, 2.75) is 11.7 Å². The van der Waals surface area contributed by atoms with Gasteiger partial charge in [-0.3, -0.25) is 0 Å². The van der Waals surface area contributed by atoms with Gasteiger partial charge in [-0.2, -0.15) is 0 Å². The first-order valence-corrected chi connectivity index (χ1v) is 11.3. The van der Waals surface area contributed by atoms with Crippen LogP contribution in [0.2, 0.25) is 6.04 Å². The summed E-state index contributed by atoms with van der Waals surface area (Å²) in [7, 11) is 1.64. The summed E-state index contributed by atoms with van der Waals surface area (Å²) < 4.78 is 16.9. The lowest BCUT2D eigenvalue weighted by Crippen LogP contribution is -2.47. The van der Waals surface area contributed by atoms with Crippen molar-refractivity contribution in [3.8, 4) is 0 Å². The van der Waals surface area contributed by atoms with E-state index in [1.807, 2.05) is 12.1 Å². The van der Waals surface area contributed by atoms with Crippen molar-refractivity contribution < 1.29 is 13.3 Å². The molecule has 0 aliphatic heterocycles. The van der Waals surface area contributed by atoms with Crippen molar-refractivity contribution in [3.05, 3.63) is 60.7 Å². The highest BCUT2D eigenvalue weighted by molar-refractivity contribution is 7.73. The summed E-state index contributed by atoms with van der Waals surface area (Å²) in [6, 6.07) is 21.8. The largest absolute Gasteiger partial charge is 0.500 e. The first-order chi connectivity index (χ1) is 11.7. The van der Waals surface area contributed by atoms with Crippen LogP contribution in [0, 0.1) is 0 Å². The third-order valence-corrected chi connectivity index (χ3v) is 10.2. The molecule has 0 heterocycles. The zero-order valence-corrected chi connectivity index (χ0v) is 16.4. The third kappa shape index (κ3) is 4.51. The van der Waals surface area contributed by atoms with Gasteiger partial charge in [0.05, 0.1) is 0 Å². The molecule has 0 aliphatic rings. The molecule has 4 nitrogen and oxygen atoms in total. The van der Waals surface area contributed by atoms with E-state index < -0.39 is 16.7 Å². The van der Waals surface area contributed by atoms with Gasteiger partial charge >= 0.3 is 8.80 Å². The summed E-state index contributed by atoms with van der Waals surface area (Å²) in [6.45, 7) is 0.556. The van der Waals surface area contributed by atoms with Gasteiger partial charge in [0.2, 0.25) is 0 Å². The van der Waals surface area contributed by atoms with Crippen LogP contribution in [0.3, 0.4) is 0 Å². The molecular formula is C18H26NO3PSi. The number of hydrogen-bond donors (Lipinski definition) is 1. The number of rotatable bonds is 9. The highest BCUT2D eigenvalue weighted by Crippen LogP contribution is 2.42. The maximum atomic E-state index is 6.19. The van der Waals surface area contributed by atoms with Crippen LogP contribution in [0.4, 0.5) is 0 Å². The summed E-state index contributed by atoms with van der Waals surface area (Å²) in [5.74, 6) is 0. The maximum Gasteiger partial charge on any atom is 0.500 e. The lowest BCUT2D eigenvalue weighted by molar-refractivity contribution is 0.123. The quantitative estimate of drug-likeness (QED) is 0.549. The van der Waals surface area contributed by atoms with Gasteiger partial charge in [0.1, 0.15) is 0 Å². The van der Waals surface area contributed by atoms with Gasteiger partial charge in [-0.15, -0.1) is 0 Å². The van der Waals surface area contributed by atoms with Crippen LogP contribution in [0.5, 0.6) is 0 Å². The summed E-state index contributed by atoms with van der Waals surface area (Å²) in [6.07, 6.45) is 0. The van der Waals surface area contributed by atoms with E-state index >= 15 is 0 Å². The summed E-state index contributed by atoms with van der Waals surface area (Å²) in [5, 5.41) is 2.61. The van der Waals surface area contributed by atoms with Crippen LogP contribution in [-0.2, 0) is 13.3 Å². The van der Waals surface area contributed by atoms with E-state index in [1.54, 1.807) is 21.3 Å². The molecule has 1 atom stereocenters. The Morgan fingerprint density at radius 2 is 1.25 bits per heavy atom. The highest BCUT2D eigenvalue weighted by atomic mass is 31.1. The second-order valence-corrected chi connectivity index (χ2v) is 10.9. The zero-order valence-electron chi connectivity index (χ0n) is 14.5. The highest BCUT2D eigenvalue weighted by Gasteiger charge is 2.42. The van der Waals surface area contributed by atoms with Gasteiger partial charge in [-0.05, 0) is 25.1 Å². The second kappa shape index (κ2) is 9.42. The smallest absolute Gasteiger partial charge is 0.377 e. The van der Waals surface area contributed by atoms with Crippen molar-refractivity contribution >= 4 is 27.3 Å². The van der Waals surface area contributed by atoms with E-state index in [0.717, 1.165) is 0 Å². The minimum absolute atomic E-state index is 0.219. The molecule has 0 spiro atoms. The zero-order chi connectivity index (χ0) is 17.4. The Morgan fingerprint density at radius 1 is 0.833 bits per heavy atom. The normalized spacial score (nSPS) is 13.2. The molecule has 0 radical (unpaired) electrons. The predicted molar refractivity (Wildman–Crippen MR) is 104 cm³/mol. The Hall–Kier alpha value is -1.07. The molecule has 0 saturated heterocycles. The van der Waals surface area contributed by atoms with Crippen molar-refractivity contribution in [1.82, 2.24) is 0 Å². The Labute approximate surface area is 147 Å². The Balaban J connectivity index is 2.41. The molecule has 2 rings (SSSR count). The molecule has 0 aromatic heterocycles. The molecule has 2 aromatic rings. The van der Waals surface area contributed by atoms with Crippen LogP contribution in [0.1, 0.15) is 0 Å². The molecule has 24 heavy (non-hydrogen) atoms. The molecular weight excluding hydrogens is 337 g/mol. The molecule has 0 fully saturated rings. The van der Waals surface area contributed by atoms with Gasteiger partial charge in [0.25, 0.3) is 0 Å². The molecule has 1 unspecified atom stereocenters. The Morgan fingerprint density at radius 3 is 1.58 bits per heavy atom. The van der Waals surface area contributed by atoms with E-state index in [-0.39, 0.29) is 5.66 Å². The number of benzene rings is 2. The average Bonchev–Trinajstić information content (AvgIpc) is 2.67. The minimum atomic E-state index is -2.69. The van der Waals surface area contributed by atoms with E-state index in [4.69, 9.17) is 19.0 Å². The van der Waals surface area contributed by atoms with Crippen LogP contribution >= 0.6 is 7.92 Å². The van der Waals surface area contributed by atoms with Crippen molar-refractivity contribution in [1.29, 1.82) is 0 Å². The molecule has 0 aliphatic carbocycles. The van der Waals surface area contributed by atoms with Crippen LogP contribution in [0.15, 0.2) is 60.7 Å². The first kappa shape index (κ1) is 19.3. The minimum Gasteiger partial charge on any atom is -0.377 e. The van der Waals surface area contributed by atoms with E-state index in [0.29, 0.717) is 12.6 Å². The second-order valence-electron chi connectivity index (χ2n) is 5.43. The molecule has 0 saturated carbocycles. The standard InChI is InChI=1S/C18H26NO3PSi/c1-20-24(21-2,22-3)15-18(14-19)23(16-10-6-4-7-11-16)17-12-8-5-9-13-17/h4-13,18H,14-15,19H2,1-3H3. The molecule has 2 aromatic carbocycles. The monoisotopic (exact) mass is 363 g/mol. The van der Waals surface area contributed by atoms with Crippen LogP contribution in [-0.4, -0.2) is 42.3 Å². The van der Waals surface area contributed by atoms with E-state index in [2.05, 4.69) is 48.5 Å². The molecule has 2 N–H and O–H groups in total. The average molecular weight is 363 g/mol.